The van der Waals surface area contributed by atoms with Crippen LogP contribution in [0.3, 0.4) is 0 Å². The molecule has 7 rings (SSSR count). The summed E-state index contributed by atoms with van der Waals surface area (Å²) in [6.07, 6.45) is 4.84. The minimum Gasteiger partial charge on any atom is -0.0776 e. The molecule has 0 atom stereocenters. The van der Waals surface area contributed by atoms with E-state index < -0.39 is 0 Å². The lowest BCUT2D eigenvalue weighted by Gasteiger charge is -2.38. The van der Waals surface area contributed by atoms with Crippen LogP contribution in [0.2, 0.25) is 0 Å². The zero-order valence-corrected chi connectivity index (χ0v) is 23.3. The molecule has 0 unspecified atom stereocenters. The van der Waals surface area contributed by atoms with E-state index in [1.165, 1.54) is 92.4 Å². The number of benzene rings is 4. The fourth-order valence-electron chi connectivity index (χ4n) is 6.90. The molecule has 0 bridgehead atoms. The van der Waals surface area contributed by atoms with E-state index in [-0.39, 0.29) is 23.7 Å². The molecular formula is C38H42. The van der Waals surface area contributed by atoms with Gasteiger partial charge in [0.2, 0.25) is 0 Å². The highest BCUT2D eigenvalue weighted by Gasteiger charge is 2.47. The van der Waals surface area contributed by atoms with Gasteiger partial charge in [0.05, 0.1) is 5.41 Å². The van der Waals surface area contributed by atoms with Crippen LogP contribution >= 0.6 is 0 Å². The lowest BCUT2D eigenvalue weighted by Crippen LogP contribution is -2.31. The molecule has 0 saturated carbocycles. The first-order valence-electron chi connectivity index (χ1n) is 14.1. The number of aryl methyl sites for hydroxylation is 4. The van der Waals surface area contributed by atoms with E-state index in [1.807, 2.05) is 0 Å². The van der Waals surface area contributed by atoms with Gasteiger partial charge in [0, 0.05) is 0 Å². The largest absolute Gasteiger partial charge is 0.0776 e. The fraction of sp³-hybridized carbons (Fsp3) is 0.368. The van der Waals surface area contributed by atoms with E-state index >= 15 is 0 Å². The van der Waals surface area contributed by atoms with Gasteiger partial charge in [0.15, 0.2) is 0 Å². The Kier molecular flexibility index (Phi) is 5.42. The first kappa shape index (κ1) is 25.2. The zero-order chi connectivity index (χ0) is 25.7. The van der Waals surface area contributed by atoms with Gasteiger partial charge in [-0.15, -0.1) is 0 Å². The lowest BCUT2D eigenvalue weighted by molar-refractivity contribution is 0.586. The normalized spacial score (nSPS) is 16.3. The molecule has 0 heteroatoms. The average molecular weight is 499 g/mol. The summed E-state index contributed by atoms with van der Waals surface area (Å²) in [7, 11) is 0. The Morgan fingerprint density at radius 2 is 0.868 bits per heavy atom. The summed E-state index contributed by atoms with van der Waals surface area (Å²) in [4.78, 5) is 0. The van der Waals surface area contributed by atoms with Crippen molar-refractivity contribution >= 4 is 0 Å². The molecule has 0 amide bonds. The van der Waals surface area contributed by atoms with Gasteiger partial charge >= 0.3 is 0 Å². The third kappa shape index (κ3) is 3.42. The molecule has 0 fully saturated rings. The smallest absolute Gasteiger partial charge is 0.0713 e. The van der Waals surface area contributed by atoms with Crippen LogP contribution in [0.25, 0.3) is 11.1 Å². The summed E-state index contributed by atoms with van der Waals surface area (Å²) in [6.45, 7) is 14.0. The van der Waals surface area contributed by atoms with Crippen molar-refractivity contribution in [3.8, 4) is 11.1 Å². The summed E-state index contributed by atoms with van der Waals surface area (Å²) in [5.41, 5.74) is 17.4. The van der Waals surface area contributed by atoms with Crippen LogP contribution in [0, 0.1) is 0 Å². The highest BCUT2D eigenvalue weighted by Crippen LogP contribution is 2.58. The Hall–Kier alpha value is -3.12. The van der Waals surface area contributed by atoms with Gasteiger partial charge in [-0.1, -0.05) is 122 Å². The lowest BCUT2D eigenvalue weighted by atomic mass is 9.64. The van der Waals surface area contributed by atoms with E-state index in [1.54, 1.807) is 0 Å². The molecule has 0 saturated heterocycles. The second-order valence-corrected chi connectivity index (χ2v) is 13.7. The standard InChI is InChI=1S/C37H38.CH4/c1-35(2,3)27-15-17-31-32-18-16-28(36(4,5)6)22-34(32)37(33(31)21-27,29-13-11-23-7-9-25(23)19-29)30-14-12-24-8-10-26(24)20-30;/h11-22H,7-10H2,1-6H3;1H4. The van der Waals surface area contributed by atoms with E-state index in [0.717, 1.165) is 0 Å². The van der Waals surface area contributed by atoms with E-state index in [9.17, 15) is 0 Å². The highest BCUT2D eigenvalue weighted by atomic mass is 14.5. The number of fused-ring (bicyclic) bond motifs is 5. The first-order chi connectivity index (χ1) is 17.6. The maximum Gasteiger partial charge on any atom is 0.0713 e. The van der Waals surface area contributed by atoms with Crippen molar-refractivity contribution in [2.75, 3.05) is 0 Å². The van der Waals surface area contributed by atoms with Crippen molar-refractivity contribution in [2.45, 2.75) is 90.9 Å². The van der Waals surface area contributed by atoms with E-state index in [0.29, 0.717) is 0 Å². The third-order valence-electron chi connectivity index (χ3n) is 9.48. The third-order valence-corrected chi connectivity index (χ3v) is 9.48. The molecular weight excluding hydrogens is 456 g/mol. The van der Waals surface area contributed by atoms with Crippen molar-refractivity contribution in [2.24, 2.45) is 0 Å². The summed E-state index contributed by atoms with van der Waals surface area (Å²) < 4.78 is 0. The van der Waals surface area contributed by atoms with Crippen LogP contribution in [-0.4, -0.2) is 0 Å². The molecule has 0 heterocycles. The SMILES string of the molecule is C.CC(C)(C)c1ccc2c(c1)C(c1ccc3c(c1)CC3)(c1ccc3c(c1)CC3)c1cc(C(C)(C)C)ccc1-2. The molecule has 194 valence electrons. The second-order valence-electron chi connectivity index (χ2n) is 13.7. The number of hydrogen-bond donors (Lipinski definition) is 0. The molecule has 4 aromatic carbocycles. The molecule has 0 nitrogen and oxygen atoms in total. The summed E-state index contributed by atoms with van der Waals surface area (Å²) in [6, 6.07) is 29.5. The van der Waals surface area contributed by atoms with Crippen LogP contribution < -0.4 is 0 Å². The van der Waals surface area contributed by atoms with Gasteiger partial charge < -0.3 is 0 Å². The Bertz CT molecular complexity index is 1460. The average Bonchev–Trinajstić information content (AvgIpc) is 3.10. The molecule has 3 aliphatic rings. The number of rotatable bonds is 2. The summed E-state index contributed by atoms with van der Waals surface area (Å²) in [5, 5.41) is 0. The monoisotopic (exact) mass is 498 g/mol. The number of hydrogen-bond acceptors (Lipinski definition) is 0. The second kappa shape index (κ2) is 8.19. The van der Waals surface area contributed by atoms with Crippen molar-refractivity contribution in [1.82, 2.24) is 0 Å². The molecule has 0 radical (unpaired) electrons. The van der Waals surface area contributed by atoms with Crippen LogP contribution in [0.15, 0.2) is 72.8 Å². The Labute approximate surface area is 230 Å². The quantitative estimate of drug-likeness (QED) is 0.227. The Morgan fingerprint density at radius 1 is 0.474 bits per heavy atom. The predicted molar refractivity (Wildman–Crippen MR) is 163 cm³/mol. The molecule has 3 aliphatic carbocycles. The zero-order valence-electron chi connectivity index (χ0n) is 23.3. The predicted octanol–water partition coefficient (Wildman–Crippen LogP) is 9.48. The van der Waals surface area contributed by atoms with Gasteiger partial charge in [-0.25, -0.2) is 0 Å². The van der Waals surface area contributed by atoms with Crippen molar-refractivity contribution in [3.05, 3.63) is 128 Å². The molecule has 0 N–H and O–H groups in total. The van der Waals surface area contributed by atoms with Crippen molar-refractivity contribution in [3.63, 3.8) is 0 Å². The first-order valence-corrected chi connectivity index (χ1v) is 14.1. The van der Waals surface area contributed by atoms with Crippen LogP contribution in [0.1, 0.15) is 105 Å². The highest BCUT2D eigenvalue weighted by molar-refractivity contribution is 5.87. The van der Waals surface area contributed by atoms with Crippen molar-refractivity contribution < 1.29 is 0 Å². The summed E-state index contributed by atoms with van der Waals surface area (Å²) >= 11 is 0. The Morgan fingerprint density at radius 3 is 1.18 bits per heavy atom. The van der Waals surface area contributed by atoms with E-state index in [4.69, 9.17) is 0 Å². The fourth-order valence-corrected chi connectivity index (χ4v) is 6.90. The molecule has 38 heavy (non-hydrogen) atoms. The maximum absolute atomic E-state index is 2.55. The van der Waals surface area contributed by atoms with E-state index in [2.05, 4.69) is 114 Å². The van der Waals surface area contributed by atoms with Gasteiger partial charge in [-0.3, -0.25) is 0 Å². The van der Waals surface area contributed by atoms with Gasteiger partial charge in [-0.2, -0.15) is 0 Å². The van der Waals surface area contributed by atoms with Crippen LogP contribution in [-0.2, 0) is 41.9 Å². The molecule has 0 aliphatic heterocycles. The van der Waals surface area contributed by atoms with Gasteiger partial charge in [0.25, 0.3) is 0 Å². The summed E-state index contributed by atoms with van der Waals surface area (Å²) in [5.74, 6) is 0. The maximum atomic E-state index is 2.55. The van der Waals surface area contributed by atoms with Gasteiger partial charge in [0.1, 0.15) is 0 Å². The van der Waals surface area contributed by atoms with Crippen LogP contribution in [0.5, 0.6) is 0 Å². The molecule has 0 spiro atoms. The minimum atomic E-state index is -0.303. The molecule has 4 aromatic rings. The Balaban J connectivity index is 0.00000264. The van der Waals surface area contributed by atoms with Crippen LogP contribution in [0.4, 0.5) is 0 Å². The molecule has 0 aromatic heterocycles. The van der Waals surface area contributed by atoms with Gasteiger partial charge in [-0.05, 0) is 103 Å². The topological polar surface area (TPSA) is 0 Å². The minimum absolute atomic E-state index is 0. The van der Waals surface area contributed by atoms with Crippen molar-refractivity contribution in [1.29, 1.82) is 0 Å².